The number of aromatic nitrogens is 3. The molecule has 0 aliphatic heterocycles. The Morgan fingerprint density at radius 3 is 2.39 bits per heavy atom. The predicted octanol–water partition coefficient (Wildman–Crippen LogP) is 5.08. The van der Waals surface area contributed by atoms with Crippen LogP contribution in [0.2, 0.25) is 0 Å². The van der Waals surface area contributed by atoms with Gasteiger partial charge in [0.2, 0.25) is 11.8 Å². The Morgan fingerprint density at radius 2 is 1.72 bits per heavy atom. The van der Waals surface area contributed by atoms with Gasteiger partial charge in [-0.05, 0) is 47.5 Å². The molecule has 36 heavy (non-hydrogen) atoms. The Balaban J connectivity index is 1.63. The molecular formula is C28H21N5O3. The number of nitrogens with zero attached hydrogens (tertiary/aromatic N) is 3. The summed E-state index contributed by atoms with van der Waals surface area (Å²) in [5, 5.41) is 2.74. The van der Waals surface area contributed by atoms with Crippen LogP contribution in [0.4, 0.5) is 5.69 Å². The summed E-state index contributed by atoms with van der Waals surface area (Å²) in [5.41, 5.74) is 10.5. The third kappa shape index (κ3) is 4.30. The van der Waals surface area contributed by atoms with Crippen LogP contribution in [0.3, 0.4) is 0 Å². The fourth-order valence-electron chi connectivity index (χ4n) is 4.04. The standard InChI is InChI=1S/C28H21N5O3/c1-2-23(34)32-20-10-6-19(7-11-20)27-25(26(28(29)35)22-17-30-15-16-33(22)27)18-8-12-21(13-9-18)36-24-5-3-4-14-31-24/h2-17H,1H2,(H2,29,35)(H,32,34). The highest BCUT2D eigenvalue weighted by Crippen LogP contribution is 2.40. The third-order valence-corrected chi connectivity index (χ3v) is 5.60. The highest BCUT2D eigenvalue weighted by Gasteiger charge is 2.24. The second kappa shape index (κ2) is 9.55. The van der Waals surface area contributed by atoms with Gasteiger partial charge in [0.05, 0.1) is 23.0 Å². The number of nitrogens with one attached hydrogen (secondary N) is 1. The lowest BCUT2D eigenvalue weighted by Gasteiger charge is -2.11. The van der Waals surface area contributed by atoms with Crippen molar-refractivity contribution < 1.29 is 14.3 Å². The molecule has 2 aromatic carbocycles. The van der Waals surface area contributed by atoms with E-state index in [9.17, 15) is 9.59 Å². The maximum absolute atomic E-state index is 12.7. The van der Waals surface area contributed by atoms with Gasteiger partial charge in [0.25, 0.3) is 5.91 Å². The number of amides is 2. The average Bonchev–Trinajstić information content (AvgIpc) is 3.25. The Kier molecular flexibility index (Phi) is 5.98. The Labute approximate surface area is 206 Å². The SMILES string of the molecule is C=CC(=O)Nc1ccc(-c2c(-c3ccc(Oc4ccccn4)cc3)c(C(N)=O)c3cnccn23)cc1. The van der Waals surface area contributed by atoms with E-state index in [0.717, 1.165) is 16.8 Å². The number of primary amides is 1. The van der Waals surface area contributed by atoms with Gasteiger partial charge in [-0.25, -0.2) is 4.98 Å². The molecule has 0 saturated heterocycles. The summed E-state index contributed by atoms with van der Waals surface area (Å²) in [5.74, 6) is 0.220. The van der Waals surface area contributed by atoms with Crippen molar-refractivity contribution in [3.8, 4) is 34.0 Å². The van der Waals surface area contributed by atoms with Gasteiger partial charge in [0.1, 0.15) is 5.75 Å². The van der Waals surface area contributed by atoms with Gasteiger partial charge in [0, 0.05) is 35.9 Å². The van der Waals surface area contributed by atoms with E-state index >= 15 is 0 Å². The number of rotatable bonds is 7. The van der Waals surface area contributed by atoms with E-state index in [2.05, 4.69) is 21.9 Å². The maximum Gasteiger partial charge on any atom is 0.251 e. The zero-order valence-corrected chi connectivity index (χ0v) is 19.1. The van der Waals surface area contributed by atoms with Crippen LogP contribution in [0.15, 0.2) is 104 Å². The van der Waals surface area contributed by atoms with E-state index in [1.807, 2.05) is 52.9 Å². The molecule has 3 N–H and O–H groups in total. The summed E-state index contributed by atoms with van der Waals surface area (Å²) in [7, 11) is 0. The van der Waals surface area contributed by atoms with E-state index in [1.165, 1.54) is 6.08 Å². The van der Waals surface area contributed by atoms with E-state index in [-0.39, 0.29) is 5.91 Å². The van der Waals surface area contributed by atoms with Crippen LogP contribution < -0.4 is 15.8 Å². The number of ether oxygens (including phenoxy) is 1. The monoisotopic (exact) mass is 475 g/mol. The number of hydrogen-bond donors (Lipinski definition) is 2. The molecule has 0 unspecified atom stereocenters. The van der Waals surface area contributed by atoms with Crippen molar-refractivity contribution in [1.82, 2.24) is 14.4 Å². The molecular weight excluding hydrogens is 454 g/mol. The second-order valence-electron chi connectivity index (χ2n) is 7.86. The normalized spacial score (nSPS) is 10.7. The molecule has 5 rings (SSSR count). The van der Waals surface area contributed by atoms with Gasteiger partial charge in [-0.15, -0.1) is 0 Å². The van der Waals surface area contributed by atoms with Crippen molar-refractivity contribution in [3.05, 3.63) is 110 Å². The minimum Gasteiger partial charge on any atom is -0.439 e. The molecule has 8 heteroatoms. The minimum absolute atomic E-state index is 0.299. The molecule has 176 valence electrons. The van der Waals surface area contributed by atoms with Gasteiger partial charge in [-0.3, -0.25) is 14.6 Å². The van der Waals surface area contributed by atoms with Crippen LogP contribution in [-0.2, 0) is 4.79 Å². The summed E-state index contributed by atoms with van der Waals surface area (Å²) in [6.07, 6.45) is 7.91. The van der Waals surface area contributed by atoms with Gasteiger partial charge in [0.15, 0.2) is 0 Å². The minimum atomic E-state index is -0.564. The number of anilines is 1. The largest absolute Gasteiger partial charge is 0.439 e. The first kappa shape index (κ1) is 22.5. The Hall–Kier alpha value is -5.24. The molecule has 0 aliphatic carbocycles. The Bertz CT molecular complexity index is 1570. The smallest absolute Gasteiger partial charge is 0.251 e. The van der Waals surface area contributed by atoms with Crippen LogP contribution in [-0.4, -0.2) is 26.2 Å². The van der Waals surface area contributed by atoms with Crippen LogP contribution in [0, 0.1) is 0 Å². The maximum atomic E-state index is 12.7. The van der Waals surface area contributed by atoms with Gasteiger partial charge < -0.3 is 20.2 Å². The molecule has 3 heterocycles. The molecule has 0 fully saturated rings. The van der Waals surface area contributed by atoms with Gasteiger partial charge in [-0.1, -0.05) is 36.9 Å². The van der Waals surface area contributed by atoms with Crippen LogP contribution in [0.25, 0.3) is 27.9 Å². The summed E-state index contributed by atoms with van der Waals surface area (Å²) < 4.78 is 7.70. The quantitative estimate of drug-likeness (QED) is 0.319. The van der Waals surface area contributed by atoms with Crippen molar-refractivity contribution >= 4 is 23.0 Å². The molecule has 0 saturated carbocycles. The van der Waals surface area contributed by atoms with Gasteiger partial charge >= 0.3 is 0 Å². The number of carbonyl (C=O) groups excluding carboxylic acids is 2. The molecule has 5 aromatic rings. The zero-order chi connectivity index (χ0) is 25.1. The highest BCUT2D eigenvalue weighted by atomic mass is 16.5. The molecule has 8 nitrogen and oxygen atoms in total. The highest BCUT2D eigenvalue weighted by molar-refractivity contribution is 6.10. The first-order valence-electron chi connectivity index (χ1n) is 11.1. The molecule has 0 radical (unpaired) electrons. The fourth-order valence-corrected chi connectivity index (χ4v) is 4.04. The van der Waals surface area contributed by atoms with Crippen LogP contribution in [0.5, 0.6) is 11.6 Å². The summed E-state index contributed by atoms with van der Waals surface area (Å²) in [6.45, 7) is 3.47. The first-order valence-corrected chi connectivity index (χ1v) is 11.1. The first-order chi connectivity index (χ1) is 17.5. The summed E-state index contributed by atoms with van der Waals surface area (Å²) >= 11 is 0. The predicted molar refractivity (Wildman–Crippen MR) is 138 cm³/mol. The van der Waals surface area contributed by atoms with Crippen molar-refractivity contribution in [3.63, 3.8) is 0 Å². The second-order valence-corrected chi connectivity index (χ2v) is 7.86. The topological polar surface area (TPSA) is 112 Å². The number of pyridine rings is 1. The molecule has 2 amide bonds. The Morgan fingerprint density at radius 1 is 0.972 bits per heavy atom. The summed E-state index contributed by atoms with van der Waals surface area (Å²) in [6, 6.07) is 20.1. The third-order valence-electron chi connectivity index (χ3n) is 5.60. The molecule has 0 atom stereocenters. The number of fused-ring (bicyclic) bond motifs is 1. The lowest BCUT2D eigenvalue weighted by molar-refractivity contribution is -0.111. The lowest BCUT2D eigenvalue weighted by atomic mass is 9.96. The number of carbonyl (C=O) groups is 2. The van der Waals surface area contributed by atoms with Crippen LogP contribution in [0.1, 0.15) is 10.4 Å². The average molecular weight is 476 g/mol. The van der Waals surface area contributed by atoms with E-state index in [1.54, 1.807) is 43.0 Å². The van der Waals surface area contributed by atoms with Crippen molar-refractivity contribution in [2.45, 2.75) is 0 Å². The van der Waals surface area contributed by atoms with E-state index < -0.39 is 5.91 Å². The lowest BCUT2D eigenvalue weighted by Crippen LogP contribution is -2.11. The number of hydrogen-bond acceptors (Lipinski definition) is 5. The molecule has 3 aromatic heterocycles. The van der Waals surface area contributed by atoms with Crippen molar-refractivity contribution in [1.29, 1.82) is 0 Å². The number of benzene rings is 2. The van der Waals surface area contributed by atoms with Crippen LogP contribution >= 0.6 is 0 Å². The van der Waals surface area contributed by atoms with Crippen molar-refractivity contribution in [2.75, 3.05) is 5.32 Å². The molecule has 0 bridgehead atoms. The van der Waals surface area contributed by atoms with Gasteiger partial charge in [-0.2, -0.15) is 0 Å². The van der Waals surface area contributed by atoms with E-state index in [4.69, 9.17) is 10.5 Å². The summed E-state index contributed by atoms with van der Waals surface area (Å²) in [4.78, 5) is 32.7. The zero-order valence-electron chi connectivity index (χ0n) is 19.1. The fraction of sp³-hybridized carbons (Fsp3) is 0. The molecule has 0 spiro atoms. The molecule has 0 aliphatic rings. The number of nitrogens with two attached hydrogens (primary N) is 1. The van der Waals surface area contributed by atoms with E-state index in [0.29, 0.717) is 34.0 Å². The van der Waals surface area contributed by atoms with Crippen molar-refractivity contribution in [2.24, 2.45) is 5.73 Å².